The van der Waals surface area contributed by atoms with Gasteiger partial charge in [0.15, 0.2) is 9.84 Å². The molecule has 7 heteroatoms. The number of amides is 1. The number of carbonyl (C=O) groups is 1. The Kier molecular flexibility index (Phi) is 5.10. The van der Waals surface area contributed by atoms with E-state index in [0.717, 1.165) is 10.0 Å². The van der Waals surface area contributed by atoms with E-state index in [0.29, 0.717) is 18.7 Å². The first-order chi connectivity index (χ1) is 11.4. The molecule has 1 aliphatic heterocycles. The summed E-state index contributed by atoms with van der Waals surface area (Å²) in [5.41, 5.74) is 0.897. The first-order valence-electron chi connectivity index (χ1n) is 7.70. The molecule has 0 saturated carbocycles. The van der Waals surface area contributed by atoms with Crippen LogP contribution in [0.15, 0.2) is 51.6 Å². The molecule has 1 aromatic carbocycles. The lowest BCUT2D eigenvalue weighted by atomic mass is 10.1. The van der Waals surface area contributed by atoms with Crippen molar-refractivity contribution >= 4 is 31.7 Å². The molecule has 5 nitrogen and oxygen atoms in total. The normalized spacial score (nSPS) is 19.3. The molecular formula is C17H18BrNO4S. The highest BCUT2D eigenvalue weighted by Gasteiger charge is 2.34. The Hall–Kier alpha value is -1.60. The molecule has 2 aromatic rings. The van der Waals surface area contributed by atoms with Crippen LogP contribution in [0.3, 0.4) is 0 Å². The fraction of sp³-hybridized carbons (Fsp3) is 0.353. The third-order valence-electron chi connectivity index (χ3n) is 4.14. The van der Waals surface area contributed by atoms with Crippen molar-refractivity contribution in [3.05, 3.63) is 58.5 Å². The number of nitrogens with zero attached hydrogens (tertiary/aromatic N) is 1. The van der Waals surface area contributed by atoms with Gasteiger partial charge in [0.25, 0.3) is 0 Å². The molecule has 1 aliphatic rings. The van der Waals surface area contributed by atoms with Crippen LogP contribution in [-0.4, -0.2) is 36.8 Å². The van der Waals surface area contributed by atoms with Crippen LogP contribution in [-0.2, 0) is 27.6 Å². The van der Waals surface area contributed by atoms with Crippen molar-refractivity contribution in [3.8, 4) is 0 Å². The van der Waals surface area contributed by atoms with Crippen molar-refractivity contribution in [2.45, 2.75) is 25.4 Å². The van der Waals surface area contributed by atoms with Crippen LogP contribution in [0.5, 0.6) is 0 Å². The van der Waals surface area contributed by atoms with E-state index >= 15 is 0 Å². The minimum Gasteiger partial charge on any atom is -0.467 e. The second-order valence-corrected chi connectivity index (χ2v) is 9.11. The van der Waals surface area contributed by atoms with Gasteiger partial charge < -0.3 is 9.32 Å². The van der Waals surface area contributed by atoms with Crippen molar-refractivity contribution in [2.75, 3.05) is 11.5 Å². The van der Waals surface area contributed by atoms with Gasteiger partial charge in [0, 0.05) is 10.5 Å². The molecule has 0 bridgehead atoms. The Morgan fingerprint density at radius 3 is 2.58 bits per heavy atom. The number of furan rings is 1. The van der Waals surface area contributed by atoms with Crippen LogP contribution in [0.4, 0.5) is 0 Å². The average molecular weight is 412 g/mol. The van der Waals surface area contributed by atoms with E-state index in [4.69, 9.17) is 4.42 Å². The van der Waals surface area contributed by atoms with E-state index < -0.39 is 9.84 Å². The molecule has 0 N–H and O–H groups in total. The van der Waals surface area contributed by atoms with Crippen LogP contribution < -0.4 is 0 Å². The SMILES string of the molecule is O=C(Cc1ccc(Br)cc1)N(Cc1ccco1)C1CCS(=O)(=O)C1. The lowest BCUT2D eigenvalue weighted by molar-refractivity contribution is -0.133. The third kappa shape index (κ3) is 4.27. The van der Waals surface area contributed by atoms with Gasteiger partial charge in [-0.25, -0.2) is 8.42 Å². The van der Waals surface area contributed by atoms with E-state index in [1.807, 2.05) is 24.3 Å². The van der Waals surface area contributed by atoms with Gasteiger partial charge in [-0.2, -0.15) is 0 Å². The molecule has 2 heterocycles. The summed E-state index contributed by atoms with van der Waals surface area (Å²) in [5, 5.41) is 0. The molecule has 0 aliphatic carbocycles. The summed E-state index contributed by atoms with van der Waals surface area (Å²) < 4.78 is 29.9. The van der Waals surface area contributed by atoms with Crippen molar-refractivity contribution in [3.63, 3.8) is 0 Å². The Morgan fingerprint density at radius 1 is 1.25 bits per heavy atom. The lowest BCUT2D eigenvalue weighted by Crippen LogP contribution is -2.41. The summed E-state index contributed by atoms with van der Waals surface area (Å²) >= 11 is 3.37. The zero-order chi connectivity index (χ0) is 17.2. The second-order valence-electron chi connectivity index (χ2n) is 5.96. The van der Waals surface area contributed by atoms with Gasteiger partial charge in [-0.3, -0.25) is 4.79 Å². The average Bonchev–Trinajstić information content (AvgIpc) is 3.16. The molecule has 3 rings (SSSR count). The van der Waals surface area contributed by atoms with Crippen molar-refractivity contribution in [1.82, 2.24) is 4.90 Å². The predicted octanol–water partition coefficient (Wildman–Crippen LogP) is 2.80. The number of hydrogen-bond acceptors (Lipinski definition) is 4. The largest absolute Gasteiger partial charge is 0.467 e. The highest BCUT2D eigenvalue weighted by molar-refractivity contribution is 9.10. The van der Waals surface area contributed by atoms with Gasteiger partial charge in [0.05, 0.1) is 30.7 Å². The van der Waals surface area contributed by atoms with Crippen LogP contribution in [0.2, 0.25) is 0 Å². The molecule has 128 valence electrons. The molecule has 1 saturated heterocycles. The molecule has 24 heavy (non-hydrogen) atoms. The molecule has 1 amide bonds. The number of hydrogen-bond donors (Lipinski definition) is 0. The smallest absolute Gasteiger partial charge is 0.227 e. The quantitative estimate of drug-likeness (QED) is 0.758. The summed E-state index contributed by atoms with van der Waals surface area (Å²) in [6, 6.07) is 10.8. The number of halogens is 1. The van der Waals surface area contributed by atoms with E-state index in [-0.39, 0.29) is 29.9 Å². The summed E-state index contributed by atoms with van der Waals surface area (Å²) in [7, 11) is -3.06. The summed E-state index contributed by atoms with van der Waals surface area (Å²) in [4.78, 5) is 14.4. The molecule has 1 aromatic heterocycles. The summed E-state index contributed by atoms with van der Waals surface area (Å²) in [6.07, 6.45) is 2.28. The second kappa shape index (κ2) is 7.11. The first kappa shape index (κ1) is 17.2. The predicted molar refractivity (Wildman–Crippen MR) is 94.2 cm³/mol. The first-order valence-corrected chi connectivity index (χ1v) is 10.3. The van der Waals surface area contributed by atoms with Crippen LogP contribution in [0.1, 0.15) is 17.7 Å². The zero-order valence-corrected chi connectivity index (χ0v) is 15.4. The fourth-order valence-electron chi connectivity index (χ4n) is 2.89. The van der Waals surface area contributed by atoms with Gasteiger partial charge in [-0.15, -0.1) is 0 Å². The highest BCUT2D eigenvalue weighted by Crippen LogP contribution is 2.22. The molecule has 1 atom stereocenters. The standard InChI is InChI=1S/C17H18BrNO4S/c18-14-5-3-13(4-6-14)10-17(20)19(11-16-2-1-8-23-16)15-7-9-24(21,22)12-15/h1-6,8,15H,7,9-12H2. The number of benzene rings is 1. The lowest BCUT2D eigenvalue weighted by Gasteiger charge is -2.27. The Bertz CT molecular complexity index is 800. The minimum absolute atomic E-state index is 0.0276. The Morgan fingerprint density at radius 2 is 2.00 bits per heavy atom. The van der Waals surface area contributed by atoms with Gasteiger partial charge >= 0.3 is 0 Å². The van der Waals surface area contributed by atoms with Gasteiger partial charge in [-0.05, 0) is 36.2 Å². The molecule has 0 radical (unpaired) electrons. The maximum Gasteiger partial charge on any atom is 0.227 e. The zero-order valence-electron chi connectivity index (χ0n) is 13.0. The summed E-state index contributed by atoms with van der Waals surface area (Å²) in [6.45, 7) is 0.294. The van der Waals surface area contributed by atoms with E-state index in [9.17, 15) is 13.2 Å². The number of rotatable bonds is 5. The van der Waals surface area contributed by atoms with E-state index in [1.165, 1.54) is 0 Å². The van der Waals surface area contributed by atoms with Crippen molar-refractivity contribution in [2.24, 2.45) is 0 Å². The maximum absolute atomic E-state index is 12.8. The van der Waals surface area contributed by atoms with Crippen LogP contribution >= 0.6 is 15.9 Å². The van der Waals surface area contributed by atoms with Gasteiger partial charge in [-0.1, -0.05) is 28.1 Å². The number of carbonyl (C=O) groups excluding carboxylic acids is 1. The van der Waals surface area contributed by atoms with Gasteiger partial charge in [0.1, 0.15) is 5.76 Å². The Labute approximate surface area is 149 Å². The monoisotopic (exact) mass is 411 g/mol. The fourth-order valence-corrected chi connectivity index (χ4v) is 4.89. The maximum atomic E-state index is 12.8. The van der Waals surface area contributed by atoms with Crippen molar-refractivity contribution < 1.29 is 17.6 Å². The van der Waals surface area contributed by atoms with Gasteiger partial charge in [0.2, 0.25) is 5.91 Å². The molecule has 1 unspecified atom stereocenters. The van der Waals surface area contributed by atoms with Crippen molar-refractivity contribution in [1.29, 1.82) is 0 Å². The molecular weight excluding hydrogens is 394 g/mol. The highest BCUT2D eigenvalue weighted by atomic mass is 79.9. The minimum atomic E-state index is -3.06. The number of sulfone groups is 1. The Balaban J connectivity index is 1.78. The van der Waals surface area contributed by atoms with E-state index in [1.54, 1.807) is 23.3 Å². The van der Waals surface area contributed by atoms with Crippen LogP contribution in [0, 0.1) is 0 Å². The third-order valence-corrected chi connectivity index (χ3v) is 6.42. The molecule has 1 fully saturated rings. The summed E-state index contributed by atoms with van der Waals surface area (Å²) in [5.74, 6) is 0.733. The topological polar surface area (TPSA) is 67.6 Å². The van der Waals surface area contributed by atoms with Crippen LogP contribution in [0.25, 0.3) is 0 Å². The molecule has 0 spiro atoms. The van der Waals surface area contributed by atoms with E-state index in [2.05, 4.69) is 15.9 Å².